The Kier molecular flexibility index (Phi) is 3.95. The van der Waals surface area contributed by atoms with Crippen LogP contribution in [0.15, 0.2) is 30.6 Å². The number of halogens is 4. The molecule has 112 valence electrons. The molecule has 0 aliphatic rings. The smallest absolute Gasteiger partial charge is 0.330 e. The molecule has 21 heavy (non-hydrogen) atoms. The summed E-state index contributed by atoms with van der Waals surface area (Å²) in [6, 6.07) is 4.94. The third-order valence-electron chi connectivity index (χ3n) is 2.74. The molecule has 4 nitrogen and oxygen atoms in total. The molecule has 0 unspecified atom stereocenters. The van der Waals surface area contributed by atoms with E-state index in [-0.39, 0.29) is 11.3 Å². The van der Waals surface area contributed by atoms with Crippen molar-refractivity contribution in [3.8, 4) is 11.3 Å². The number of carbonyl (C=O) groups is 1. The molecule has 0 spiro atoms. The van der Waals surface area contributed by atoms with Crippen molar-refractivity contribution in [2.45, 2.75) is 6.18 Å². The van der Waals surface area contributed by atoms with Gasteiger partial charge in [-0.15, -0.1) is 0 Å². The summed E-state index contributed by atoms with van der Waals surface area (Å²) in [4.78, 5) is 16.6. The van der Waals surface area contributed by atoms with Crippen LogP contribution in [0.5, 0.6) is 0 Å². The van der Waals surface area contributed by atoms with Crippen molar-refractivity contribution in [1.82, 2.24) is 14.5 Å². The van der Waals surface area contributed by atoms with Gasteiger partial charge >= 0.3 is 12.2 Å². The van der Waals surface area contributed by atoms with E-state index in [9.17, 15) is 18.0 Å². The van der Waals surface area contributed by atoms with Crippen molar-refractivity contribution in [2.75, 3.05) is 14.1 Å². The van der Waals surface area contributed by atoms with E-state index >= 15 is 0 Å². The molecule has 8 heteroatoms. The topological polar surface area (TPSA) is 38.1 Å². The molecule has 1 heterocycles. The molecule has 1 aromatic carbocycles. The van der Waals surface area contributed by atoms with Crippen LogP contribution in [0, 0.1) is 0 Å². The standard InChI is InChI=1S/C13H11ClF3N3O/c1-19(2)12(21)20-7-18-10(11(20)13(15,16)17)8-3-5-9(14)6-4-8/h3-7H,1-2H3. The lowest BCUT2D eigenvalue weighted by Crippen LogP contribution is -2.30. The van der Waals surface area contributed by atoms with E-state index in [4.69, 9.17) is 11.6 Å². The Balaban J connectivity index is 2.63. The lowest BCUT2D eigenvalue weighted by Gasteiger charge is -2.15. The summed E-state index contributed by atoms with van der Waals surface area (Å²) < 4.78 is 40.3. The maximum absolute atomic E-state index is 13.3. The van der Waals surface area contributed by atoms with E-state index in [0.29, 0.717) is 9.59 Å². The van der Waals surface area contributed by atoms with Gasteiger partial charge in [0.25, 0.3) is 0 Å². The van der Waals surface area contributed by atoms with Crippen molar-refractivity contribution in [1.29, 1.82) is 0 Å². The second-order valence-corrected chi connectivity index (χ2v) is 4.93. The molecule has 1 aromatic heterocycles. The predicted molar refractivity (Wildman–Crippen MR) is 72.2 cm³/mol. The summed E-state index contributed by atoms with van der Waals surface area (Å²) in [6.07, 6.45) is -3.84. The Morgan fingerprint density at radius 3 is 2.29 bits per heavy atom. The number of rotatable bonds is 1. The summed E-state index contributed by atoms with van der Waals surface area (Å²) in [5, 5.41) is 0.399. The van der Waals surface area contributed by atoms with Crippen molar-refractivity contribution in [3.63, 3.8) is 0 Å². The van der Waals surface area contributed by atoms with Crippen molar-refractivity contribution in [3.05, 3.63) is 41.3 Å². The van der Waals surface area contributed by atoms with Crippen LogP contribution in [0.1, 0.15) is 5.69 Å². The van der Waals surface area contributed by atoms with Crippen molar-refractivity contribution < 1.29 is 18.0 Å². The number of benzene rings is 1. The van der Waals surface area contributed by atoms with Gasteiger partial charge in [-0.2, -0.15) is 13.2 Å². The van der Waals surface area contributed by atoms with Crippen LogP contribution >= 0.6 is 11.6 Å². The van der Waals surface area contributed by atoms with Crippen LogP contribution < -0.4 is 0 Å². The molecule has 0 aliphatic carbocycles. The predicted octanol–water partition coefficient (Wildman–Crippen LogP) is 3.75. The summed E-state index contributed by atoms with van der Waals surface area (Å²) in [6.45, 7) is 0. The molecular formula is C13H11ClF3N3O. The van der Waals surface area contributed by atoms with Gasteiger partial charge in [0, 0.05) is 24.7 Å². The Labute approximate surface area is 123 Å². The van der Waals surface area contributed by atoms with Gasteiger partial charge in [0.2, 0.25) is 0 Å². The van der Waals surface area contributed by atoms with Gasteiger partial charge < -0.3 is 4.90 Å². The fourth-order valence-electron chi connectivity index (χ4n) is 1.80. The van der Waals surface area contributed by atoms with Crippen LogP contribution in [-0.4, -0.2) is 34.6 Å². The van der Waals surface area contributed by atoms with Gasteiger partial charge in [0.05, 0.1) is 0 Å². The van der Waals surface area contributed by atoms with Gasteiger partial charge in [-0.05, 0) is 12.1 Å². The molecule has 2 aromatic rings. The van der Waals surface area contributed by atoms with Crippen LogP contribution in [0.2, 0.25) is 5.02 Å². The Morgan fingerprint density at radius 2 is 1.81 bits per heavy atom. The number of aromatic nitrogens is 2. The first-order valence-corrected chi connectivity index (χ1v) is 6.21. The molecule has 0 saturated heterocycles. The highest BCUT2D eigenvalue weighted by atomic mass is 35.5. The van der Waals surface area contributed by atoms with E-state index in [1.165, 1.54) is 38.4 Å². The molecule has 0 N–H and O–H groups in total. The maximum atomic E-state index is 13.3. The second kappa shape index (κ2) is 5.40. The number of amides is 1. The lowest BCUT2D eigenvalue weighted by molar-refractivity contribution is -0.141. The lowest BCUT2D eigenvalue weighted by atomic mass is 10.1. The van der Waals surface area contributed by atoms with E-state index in [2.05, 4.69) is 4.98 Å². The zero-order chi connectivity index (χ0) is 15.8. The number of nitrogens with zero attached hydrogens (tertiary/aromatic N) is 3. The van der Waals surface area contributed by atoms with E-state index in [1.807, 2.05) is 0 Å². The molecule has 0 aliphatic heterocycles. The molecule has 0 bridgehead atoms. The van der Waals surface area contributed by atoms with E-state index in [0.717, 1.165) is 11.2 Å². The third-order valence-corrected chi connectivity index (χ3v) is 2.99. The first-order valence-electron chi connectivity index (χ1n) is 5.84. The Bertz CT molecular complexity index is 662. The van der Waals surface area contributed by atoms with Crippen LogP contribution in [0.3, 0.4) is 0 Å². The van der Waals surface area contributed by atoms with Gasteiger partial charge in [0.1, 0.15) is 12.0 Å². The molecule has 0 saturated carbocycles. The highest BCUT2D eigenvalue weighted by Crippen LogP contribution is 2.36. The first-order chi connectivity index (χ1) is 9.71. The number of imidazole rings is 1. The largest absolute Gasteiger partial charge is 0.434 e. The van der Waals surface area contributed by atoms with Gasteiger partial charge in [-0.3, -0.25) is 0 Å². The normalized spacial score (nSPS) is 11.5. The van der Waals surface area contributed by atoms with Gasteiger partial charge in [-0.25, -0.2) is 14.3 Å². The minimum Gasteiger partial charge on any atom is -0.330 e. The number of alkyl halides is 3. The summed E-state index contributed by atoms with van der Waals surface area (Å²) in [7, 11) is 2.73. The average molecular weight is 318 g/mol. The highest BCUT2D eigenvalue weighted by Gasteiger charge is 2.40. The molecule has 0 atom stereocenters. The molecule has 0 radical (unpaired) electrons. The van der Waals surface area contributed by atoms with Crippen LogP contribution in [0.25, 0.3) is 11.3 Å². The monoisotopic (exact) mass is 317 g/mol. The first kappa shape index (κ1) is 15.4. The number of hydrogen-bond acceptors (Lipinski definition) is 2. The SMILES string of the molecule is CN(C)C(=O)n1cnc(-c2ccc(Cl)cc2)c1C(F)(F)F. The fourth-order valence-corrected chi connectivity index (χ4v) is 1.92. The summed E-state index contributed by atoms with van der Waals surface area (Å²) in [5.74, 6) is 0. The Hall–Kier alpha value is -2.02. The zero-order valence-electron chi connectivity index (χ0n) is 11.1. The summed E-state index contributed by atoms with van der Waals surface area (Å²) >= 11 is 5.72. The summed E-state index contributed by atoms with van der Waals surface area (Å²) in [5.41, 5.74) is -1.19. The fraction of sp³-hybridized carbons (Fsp3) is 0.231. The number of carbonyl (C=O) groups excluding carboxylic acids is 1. The van der Waals surface area contributed by atoms with E-state index < -0.39 is 17.9 Å². The van der Waals surface area contributed by atoms with Crippen LogP contribution in [0.4, 0.5) is 18.0 Å². The average Bonchev–Trinajstić information content (AvgIpc) is 2.83. The maximum Gasteiger partial charge on any atom is 0.434 e. The van der Waals surface area contributed by atoms with Crippen molar-refractivity contribution >= 4 is 17.6 Å². The molecular weight excluding hydrogens is 307 g/mol. The minimum atomic E-state index is -4.71. The Morgan fingerprint density at radius 1 is 1.24 bits per heavy atom. The quantitative estimate of drug-likeness (QED) is 0.803. The zero-order valence-corrected chi connectivity index (χ0v) is 11.9. The number of hydrogen-bond donors (Lipinski definition) is 0. The van der Waals surface area contributed by atoms with Crippen LogP contribution in [-0.2, 0) is 6.18 Å². The second-order valence-electron chi connectivity index (χ2n) is 4.49. The minimum absolute atomic E-state index is 0.233. The molecule has 2 rings (SSSR count). The van der Waals surface area contributed by atoms with Gasteiger partial charge in [-0.1, -0.05) is 23.7 Å². The highest BCUT2D eigenvalue weighted by molar-refractivity contribution is 6.30. The van der Waals surface area contributed by atoms with E-state index in [1.54, 1.807) is 0 Å². The molecule has 1 amide bonds. The van der Waals surface area contributed by atoms with Crippen molar-refractivity contribution in [2.24, 2.45) is 0 Å². The third kappa shape index (κ3) is 3.02. The van der Waals surface area contributed by atoms with Gasteiger partial charge in [0.15, 0.2) is 5.69 Å². The molecule has 0 fully saturated rings.